The zero-order chi connectivity index (χ0) is 15.1. The fraction of sp³-hybridized carbons (Fsp3) is 0.462. The molecule has 2 atom stereocenters. The zero-order valence-corrected chi connectivity index (χ0v) is 12.7. The van der Waals surface area contributed by atoms with E-state index in [0.717, 1.165) is 5.56 Å². The van der Waals surface area contributed by atoms with Crippen molar-refractivity contribution in [2.24, 2.45) is 10.9 Å². The lowest BCUT2D eigenvalue weighted by atomic mass is 10.1. The number of nitrogens with one attached hydrogen (secondary N) is 1. The van der Waals surface area contributed by atoms with Crippen LogP contribution in [0.2, 0.25) is 0 Å². The Morgan fingerprint density at radius 2 is 2.30 bits per heavy atom. The predicted molar refractivity (Wildman–Crippen MR) is 80.7 cm³/mol. The second kappa shape index (κ2) is 7.86. The van der Waals surface area contributed by atoms with Gasteiger partial charge in [-0.05, 0) is 24.6 Å². The van der Waals surface area contributed by atoms with Gasteiger partial charge >= 0.3 is 0 Å². The van der Waals surface area contributed by atoms with Crippen LogP contribution >= 0.6 is 0 Å². The molecule has 112 valence electrons. The number of benzene rings is 1. The number of nitrogens with two attached hydrogens (primary N) is 1. The third-order valence-electron chi connectivity index (χ3n) is 2.79. The number of rotatable bonds is 7. The first-order valence-corrected chi connectivity index (χ1v) is 7.88. The number of amidine groups is 1. The summed E-state index contributed by atoms with van der Waals surface area (Å²) < 4.78 is 16.3. The number of hydrogen-bond donors (Lipinski definition) is 3. The average molecular weight is 299 g/mol. The third-order valence-corrected chi connectivity index (χ3v) is 3.76. The molecule has 2 unspecified atom stereocenters. The molecule has 20 heavy (non-hydrogen) atoms. The topological polar surface area (TPSA) is 96.9 Å². The molecule has 0 bridgehead atoms. The van der Waals surface area contributed by atoms with E-state index in [9.17, 15) is 4.21 Å². The van der Waals surface area contributed by atoms with Crippen LogP contribution in [0.1, 0.15) is 18.1 Å². The summed E-state index contributed by atoms with van der Waals surface area (Å²) in [5.41, 5.74) is 7.14. The maximum atomic E-state index is 11.1. The number of nitrogens with zero attached hydrogens (tertiary/aromatic N) is 1. The van der Waals surface area contributed by atoms with Crippen molar-refractivity contribution in [3.8, 4) is 5.75 Å². The molecular formula is C13H21N3O3S. The largest absolute Gasteiger partial charge is 0.496 e. The smallest absolute Gasteiger partial charge is 0.173 e. The van der Waals surface area contributed by atoms with Gasteiger partial charge in [0.1, 0.15) is 5.75 Å². The standard InChI is InChI=1S/C13H21N3O3S/c1-9(8-20(3)18)15-7-10-4-5-12(19-2)11(6-10)13(14)16-17/h4-6,9,15,17H,7-8H2,1-3H3,(H2,14,16). The van der Waals surface area contributed by atoms with Crippen LogP contribution in [0.3, 0.4) is 0 Å². The van der Waals surface area contributed by atoms with Crippen molar-refractivity contribution >= 4 is 16.6 Å². The molecule has 0 saturated heterocycles. The van der Waals surface area contributed by atoms with Crippen LogP contribution < -0.4 is 15.8 Å². The number of hydrogen-bond acceptors (Lipinski definition) is 5. The summed E-state index contributed by atoms with van der Waals surface area (Å²) >= 11 is 0. The van der Waals surface area contributed by atoms with Crippen molar-refractivity contribution in [2.45, 2.75) is 19.5 Å². The maximum absolute atomic E-state index is 11.1. The summed E-state index contributed by atoms with van der Waals surface area (Å²) in [5, 5.41) is 15.0. The number of oxime groups is 1. The minimum atomic E-state index is -0.826. The van der Waals surface area contributed by atoms with Gasteiger partial charge in [-0.3, -0.25) is 4.21 Å². The van der Waals surface area contributed by atoms with Gasteiger partial charge in [0.05, 0.1) is 12.7 Å². The Bertz CT molecular complexity index is 506. The zero-order valence-electron chi connectivity index (χ0n) is 11.9. The predicted octanol–water partition coefficient (Wildman–Crippen LogP) is 0.646. The SMILES string of the molecule is COc1ccc(CNC(C)CS(C)=O)cc1/C(N)=N/O. The van der Waals surface area contributed by atoms with Crippen molar-refractivity contribution in [1.29, 1.82) is 0 Å². The van der Waals surface area contributed by atoms with Crippen LogP contribution in [-0.4, -0.2) is 40.4 Å². The van der Waals surface area contributed by atoms with Crippen LogP contribution in [0.5, 0.6) is 5.75 Å². The number of methoxy groups -OCH3 is 1. The molecule has 0 aliphatic carbocycles. The monoisotopic (exact) mass is 299 g/mol. The quantitative estimate of drug-likeness (QED) is 0.297. The molecule has 0 aliphatic heterocycles. The van der Waals surface area contributed by atoms with E-state index in [1.165, 1.54) is 7.11 Å². The van der Waals surface area contributed by atoms with Gasteiger partial charge in [-0.15, -0.1) is 0 Å². The molecule has 1 aromatic rings. The first-order chi connectivity index (χ1) is 9.47. The second-order valence-corrected chi connectivity index (χ2v) is 6.02. The summed E-state index contributed by atoms with van der Waals surface area (Å²) in [6, 6.07) is 5.62. The van der Waals surface area contributed by atoms with E-state index < -0.39 is 10.8 Å². The highest BCUT2D eigenvalue weighted by molar-refractivity contribution is 7.84. The van der Waals surface area contributed by atoms with E-state index >= 15 is 0 Å². The van der Waals surface area contributed by atoms with E-state index in [0.29, 0.717) is 23.6 Å². The van der Waals surface area contributed by atoms with E-state index in [2.05, 4.69) is 10.5 Å². The van der Waals surface area contributed by atoms with Crippen LogP contribution in [0.15, 0.2) is 23.4 Å². The molecule has 0 aliphatic rings. The first kappa shape index (κ1) is 16.5. The van der Waals surface area contributed by atoms with Crippen LogP contribution in [0.25, 0.3) is 0 Å². The van der Waals surface area contributed by atoms with Crippen molar-refractivity contribution in [3.05, 3.63) is 29.3 Å². The van der Waals surface area contributed by atoms with Crippen LogP contribution in [0, 0.1) is 0 Å². The van der Waals surface area contributed by atoms with E-state index in [1.54, 1.807) is 18.4 Å². The van der Waals surface area contributed by atoms with Gasteiger partial charge in [0.2, 0.25) is 0 Å². The van der Waals surface area contributed by atoms with Crippen molar-refractivity contribution < 1.29 is 14.2 Å². The summed E-state index contributed by atoms with van der Waals surface area (Å²) in [4.78, 5) is 0. The lowest BCUT2D eigenvalue weighted by Gasteiger charge is -2.14. The Kier molecular flexibility index (Phi) is 6.47. The third kappa shape index (κ3) is 4.82. The maximum Gasteiger partial charge on any atom is 0.173 e. The molecule has 0 amide bonds. The van der Waals surface area contributed by atoms with Gasteiger partial charge in [-0.25, -0.2) is 0 Å². The van der Waals surface area contributed by atoms with Gasteiger partial charge in [0.15, 0.2) is 5.84 Å². The number of ether oxygens (including phenoxy) is 1. The summed E-state index contributed by atoms with van der Waals surface area (Å²) in [6.45, 7) is 2.59. The Morgan fingerprint density at radius 3 is 2.85 bits per heavy atom. The lowest BCUT2D eigenvalue weighted by Crippen LogP contribution is -2.30. The summed E-state index contributed by atoms with van der Waals surface area (Å²) in [7, 11) is 0.701. The van der Waals surface area contributed by atoms with Crippen molar-refractivity contribution in [3.63, 3.8) is 0 Å². The second-order valence-electron chi connectivity index (χ2n) is 4.54. The molecule has 0 fully saturated rings. The molecule has 1 aromatic carbocycles. The molecule has 0 saturated carbocycles. The van der Waals surface area contributed by atoms with Gasteiger partial charge in [0, 0.05) is 35.4 Å². The van der Waals surface area contributed by atoms with E-state index in [-0.39, 0.29) is 11.9 Å². The molecule has 7 heteroatoms. The molecule has 0 radical (unpaired) electrons. The van der Waals surface area contributed by atoms with E-state index in [4.69, 9.17) is 15.7 Å². The van der Waals surface area contributed by atoms with Gasteiger partial charge in [0.25, 0.3) is 0 Å². The van der Waals surface area contributed by atoms with Gasteiger partial charge < -0.3 is 21.0 Å². The molecule has 4 N–H and O–H groups in total. The van der Waals surface area contributed by atoms with Crippen LogP contribution in [0.4, 0.5) is 0 Å². The van der Waals surface area contributed by atoms with Gasteiger partial charge in [-0.2, -0.15) is 0 Å². The fourth-order valence-electron chi connectivity index (χ4n) is 1.82. The Balaban J connectivity index is 2.79. The van der Waals surface area contributed by atoms with Gasteiger partial charge in [-0.1, -0.05) is 11.2 Å². The Morgan fingerprint density at radius 1 is 1.60 bits per heavy atom. The highest BCUT2D eigenvalue weighted by Gasteiger charge is 2.10. The van der Waals surface area contributed by atoms with E-state index in [1.807, 2.05) is 13.0 Å². The fourth-order valence-corrected chi connectivity index (χ4v) is 2.64. The minimum Gasteiger partial charge on any atom is -0.496 e. The lowest BCUT2D eigenvalue weighted by molar-refractivity contribution is 0.318. The average Bonchev–Trinajstić information content (AvgIpc) is 2.43. The molecular weight excluding hydrogens is 278 g/mol. The molecule has 0 spiro atoms. The Hall–Kier alpha value is -1.60. The first-order valence-electron chi connectivity index (χ1n) is 6.16. The van der Waals surface area contributed by atoms with Crippen molar-refractivity contribution in [1.82, 2.24) is 5.32 Å². The summed E-state index contributed by atoms with van der Waals surface area (Å²) in [5.74, 6) is 1.15. The highest BCUT2D eigenvalue weighted by atomic mass is 32.2. The molecule has 0 heterocycles. The minimum absolute atomic E-state index is 0.00594. The highest BCUT2D eigenvalue weighted by Crippen LogP contribution is 2.19. The van der Waals surface area contributed by atoms with Crippen LogP contribution in [-0.2, 0) is 17.3 Å². The molecule has 0 aromatic heterocycles. The Labute approximate surface area is 121 Å². The molecule has 6 nitrogen and oxygen atoms in total. The molecule has 1 rings (SSSR count). The summed E-state index contributed by atoms with van der Waals surface area (Å²) in [6.07, 6.45) is 1.68. The normalized spacial score (nSPS) is 14.8. The van der Waals surface area contributed by atoms with Crippen molar-refractivity contribution in [2.75, 3.05) is 19.1 Å².